The molecule has 1 N–H and O–H groups in total. The maximum Gasteiger partial charge on any atom is 0.277 e. The number of halogens is 1. The highest BCUT2D eigenvalue weighted by molar-refractivity contribution is 6.30. The largest absolute Gasteiger partial charge is 0.490 e. The fourth-order valence-corrected chi connectivity index (χ4v) is 3.59. The molecule has 0 saturated carbocycles. The lowest BCUT2D eigenvalue weighted by molar-refractivity contribution is -0.123. The van der Waals surface area contributed by atoms with Crippen molar-refractivity contribution in [1.82, 2.24) is 5.43 Å². The average Bonchev–Trinajstić information content (AvgIpc) is 2.93. The van der Waals surface area contributed by atoms with E-state index in [0.717, 1.165) is 22.3 Å². The average molecular weight is 515 g/mol. The van der Waals surface area contributed by atoms with Crippen LogP contribution in [0.1, 0.15) is 18.1 Å². The van der Waals surface area contributed by atoms with Crippen molar-refractivity contribution in [2.24, 2.45) is 5.10 Å². The van der Waals surface area contributed by atoms with Crippen molar-refractivity contribution in [2.45, 2.75) is 13.5 Å². The summed E-state index contributed by atoms with van der Waals surface area (Å²) >= 11 is 5.94. The van der Waals surface area contributed by atoms with E-state index >= 15 is 0 Å². The highest BCUT2D eigenvalue weighted by Gasteiger charge is 2.07. The van der Waals surface area contributed by atoms with Gasteiger partial charge in [-0.15, -0.1) is 0 Å². The zero-order valence-electron chi connectivity index (χ0n) is 20.4. The van der Waals surface area contributed by atoms with Crippen LogP contribution in [-0.4, -0.2) is 25.3 Å². The molecule has 6 nitrogen and oxygen atoms in total. The predicted molar refractivity (Wildman–Crippen MR) is 147 cm³/mol. The van der Waals surface area contributed by atoms with Gasteiger partial charge in [-0.05, 0) is 71.6 Å². The summed E-state index contributed by atoms with van der Waals surface area (Å²) in [5.74, 6) is 1.45. The quantitative estimate of drug-likeness (QED) is 0.183. The molecule has 0 bridgehead atoms. The fraction of sp³-hybridized carbons (Fsp3) is 0.133. The molecule has 0 aliphatic heterocycles. The summed E-state index contributed by atoms with van der Waals surface area (Å²) in [4.78, 5) is 12.2. The summed E-state index contributed by atoms with van der Waals surface area (Å²) in [6.45, 7) is 2.62. The lowest BCUT2D eigenvalue weighted by Crippen LogP contribution is -2.24. The van der Waals surface area contributed by atoms with E-state index in [-0.39, 0.29) is 12.5 Å². The van der Waals surface area contributed by atoms with Crippen LogP contribution in [0, 0.1) is 0 Å². The lowest BCUT2D eigenvalue weighted by Gasteiger charge is -2.12. The van der Waals surface area contributed by atoms with E-state index in [9.17, 15) is 4.79 Å². The van der Waals surface area contributed by atoms with Crippen molar-refractivity contribution in [3.05, 3.63) is 113 Å². The second-order valence-corrected chi connectivity index (χ2v) is 8.46. The van der Waals surface area contributed by atoms with E-state index < -0.39 is 0 Å². The highest BCUT2D eigenvalue weighted by Crippen LogP contribution is 2.29. The molecule has 0 fully saturated rings. The predicted octanol–water partition coefficient (Wildman–Crippen LogP) is 6.51. The molecule has 0 unspecified atom stereocenters. The molecule has 0 aliphatic carbocycles. The summed E-state index contributed by atoms with van der Waals surface area (Å²) < 4.78 is 17.2. The maximum absolute atomic E-state index is 12.2. The third-order valence-electron chi connectivity index (χ3n) is 5.31. The third-order valence-corrected chi connectivity index (χ3v) is 5.56. The first-order chi connectivity index (χ1) is 18.1. The molecule has 4 aromatic carbocycles. The summed E-state index contributed by atoms with van der Waals surface area (Å²) in [7, 11) is 0. The first kappa shape index (κ1) is 25.8. The molecular formula is C30H27ClN2O4. The first-order valence-corrected chi connectivity index (χ1v) is 12.2. The van der Waals surface area contributed by atoms with Gasteiger partial charge in [0.05, 0.1) is 12.8 Å². The van der Waals surface area contributed by atoms with Gasteiger partial charge in [-0.25, -0.2) is 5.43 Å². The van der Waals surface area contributed by atoms with Gasteiger partial charge in [0.1, 0.15) is 12.4 Å². The van der Waals surface area contributed by atoms with E-state index in [4.69, 9.17) is 25.8 Å². The Bertz CT molecular complexity index is 1320. The minimum Gasteiger partial charge on any atom is -0.490 e. The Morgan fingerprint density at radius 2 is 1.57 bits per heavy atom. The van der Waals surface area contributed by atoms with Gasteiger partial charge in [-0.2, -0.15) is 5.10 Å². The van der Waals surface area contributed by atoms with Crippen LogP contribution in [0.4, 0.5) is 0 Å². The van der Waals surface area contributed by atoms with Crippen LogP contribution in [0.5, 0.6) is 17.2 Å². The van der Waals surface area contributed by atoms with E-state index in [2.05, 4.69) is 10.5 Å². The zero-order chi connectivity index (χ0) is 25.9. The van der Waals surface area contributed by atoms with Gasteiger partial charge in [0, 0.05) is 5.02 Å². The van der Waals surface area contributed by atoms with Gasteiger partial charge in [0.15, 0.2) is 18.1 Å². The third kappa shape index (κ3) is 7.85. The Hall–Kier alpha value is -4.29. The van der Waals surface area contributed by atoms with Gasteiger partial charge in [0.2, 0.25) is 0 Å². The van der Waals surface area contributed by atoms with E-state index in [1.54, 1.807) is 6.07 Å². The van der Waals surface area contributed by atoms with Crippen LogP contribution in [0.2, 0.25) is 5.02 Å². The molecule has 188 valence electrons. The van der Waals surface area contributed by atoms with E-state index in [1.165, 1.54) is 6.21 Å². The topological polar surface area (TPSA) is 69.2 Å². The van der Waals surface area contributed by atoms with Crippen molar-refractivity contribution in [1.29, 1.82) is 0 Å². The Morgan fingerprint density at radius 3 is 2.30 bits per heavy atom. The molecular weight excluding hydrogens is 488 g/mol. The number of carbonyl (C=O) groups excluding carboxylic acids is 1. The second kappa shape index (κ2) is 13.1. The number of amides is 1. The summed E-state index contributed by atoms with van der Waals surface area (Å²) in [5.41, 5.74) is 6.42. The summed E-state index contributed by atoms with van der Waals surface area (Å²) in [5, 5.41) is 4.71. The second-order valence-electron chi connectivity index (χ2n) is 8.03. The Kier molecular flexibility index (Phi) is 9.16. The van der Waals surface area contributed by atoms with Crippen LogP contribution in [0.15, 0.2) is 102 Å². The SMILES string of the molecule is CCOc1cc(C=NNC(=O)COc2ccc(-c3ccccc3)cc2)ccc1OCc1ccc(Cl)cc1. The summed E-state index contributed by atoms with van der Waals surface area (Å²) in [6, 6.07) is 30.6. The minimum atomic E-state index is -0.365. The molecule has 4 rings (SSSR count). The monoisotopic (exact) mass is 514 g/mol. The van der Waals surface area contributed by atoms with Crippen LogP contribution >= 0.6 is 11.6 Å². The van der Waals surface area contributed by atoms with Crippen molar-refractivity contribution in [2.75, 3.05) is 13.2 Å². The molecule has 4 aromatic rings. The zero-order valence-corrected chi connectivity index (χ0v) is 21.2. The number of ether oxygens (including phenoxy) is 3. The maximum atomic E-state index is 12.2. The van der Waals surface area contributed by atoms with E-state index in [1.807, 2.05) is 97.9 Å². The number of nitrogens with zero attached hydrogens (tertiary/aromatic N) is 1. The van der Waals surface area contributed by atoms with E-state index in [0.29, 0.717) is 35.5 Å². The summed E-state index contributed by atoms with van der Waals surface area (Å²) in [6.07, 6.45) is 1.54. The first-order valence-electron chi connectivity index (χ1n) is 11.8. The number of nitrogens with one attached hydrogen (secondary N) is 1. The molecule has 0 saturated heterocycles. The Labute approximate surface area is 221 Å². The van der Waals surface area contributed by atoms with Gasteiger partial charge < -0.3 is 14.2 Å². The molecule has 0 atom stereocenters. The van der Waals surface area contributed by atoms with Crippen molar-refractivity contribution in [3.63, 3.8) is 0 Å². The van der Waals surface area contributed by atoms with Gasteiger partial charge >= 0.3 is 0 Å². The number of hydrogen-bond acceptors (Lipinski definition) is 5. The number of carbonyl (C=O) groups is 1. The van der Waals surface area contributed by atoms with Crippen LogP contribution < -0.4 is 19.6 Å². The van der Waals surface area contributed by atoms with Crippen molar-refractivity contribution >= 4 is 23.7 Å². The standard InChI is InChI=1S/C30H27ClN2O4/c1-2-35-29-18-23(10-17-28(29)37-20-22-8-13-26(31)14-9-22)19-32-33-30(34)21-36-27-15-11-25(12-16-27)24-6-4-3-5-7-24/h3-19H,2,20-21H2,1H3,(H,33,34). The van der Waals surface area contributed by atoms with Crippen molar-refractivity contribution in [3.8, 4) is 28.4 Å². The molecule has 0 heterocycles. The van der Waals surface area contributed by atoms with Gasteiger partial charge in [-0.1, -0.05) is 66.2 Å². The van der Waals surface area contributed by atoms with Crippen LogP contribution in [-0.2, 0) is 11.4 Å². The van der Waals surface area contributed by atoms with Gasteiger partial charge in [-0.3, -0.25) is 4.79 Å². The molecule has 1 amide bonds. The number of hydrazone groups is 1. The Balaban J connectivity index is 1.27. The number of benzene rings is 4. The molecule has 0 spiro atoms. The molecule has 0 aromatic heterocycles. The van der Waals surface area contributed by atoms with Gasteiger partial charge in [0.25, 0.3) is 5.91 Å². The number of rotatable bonds is 11. The molecule has 7 heteroatoms. The van der Waals surface area contributed by atoms with Crippen molar-refractivity contribution < 1.29 is 19.0 Å². The molecule has 0 aliphatic rings. The highest BCUT2D eigenvalue weighted by atomic mass is 35.5. The lowest BCUT2D eigenvalue weighted by atomic mass is 10.1. The normalized spacial score (nSPS) is 10.8. The number of hydrogen-bond donors (Lipinski definition) is 1. The van der Waals surface area contributed by atoms with Crippen LogP contribution in [0.3, 0.4) is 0 Å². The fourth-order valence-electron chi connectivity index (χ4n) is 3.47. The van der Waals surface area contributed by atoms with Crippen LogP contribution in [0.25, 0.3) is 11.1 Å². The minimum absolute atomic E-state index is 0.149. The molecule has 0 radical (unpaired) electrons. The smallest absolute Gasteiger partial charge is 0.277 e. The molecule has 37 heavy (non-hydrogen) atoms. The Morgan fingerprint density at radius 1 is 0.838 bits per heavy atom.